The van der Waals surface area contributed by atoms with Crippen LogP contribution in [0, 0.1) is 19.7 Å². The van der Waals surface area contributed by atoms with E-state index in [2.05, 4.69) is 4.98 Å². The van der Waals surface area contributed by atoms with Gasteiger partial charge in [0, 0.05) is 17.7 Å². The molecule has 6 heteroatoms. The van der Waals surface area contributed by atoms with Crippen molar-refractivity contribution in [3.8, 4) is 0 Å². The maximum Gasteiger partial charge on any atom is 0.277 e. The van der Waals surface area contributed by atoms with Crippen molar-refractivity contribution in [1.29, 1.82) is 0 Å². The number of aromatic nitrogens is 2. The van der Waals surface area contributed by atoms with Gasteiger partial charge in [0.15, 0.2) is 0 Å². The lowest BCUT2D eigenvalue weighted by atomic mass is 10.1. The summed E-state index contributed by atoms with van der Waals surface area (Å²) >= 11 is 1.20. The number of thiazole rings is 1. The van der Waals surface area contributed by atoms with E-state index in [9.17, 15) is 14.0 Å². The molecule has 0 amide bonds. The van der Waals surface area contributed by atoms with Crippen molar-refractivity contribution in [1.82, 2.24) is 9.38 Å². The number of aryl methyl sites for hydroxylation is 2. The second-order valence-corrected chi connectivity index (χ2v) is 7.74. The van der Waals surface area contributed by atoms with Gasteiger partial charge in [-0.3, -0.25) is 14.0 Å². The van der Waals surface area contributed by atoms with Gasteiger partial charge in [-0.25, -0.2) is 4.39 Å². The van der Waals surface area contributed by atoms with E-state index in [1.165, 1.54) is 27.9 Å². The third-order valence-corrected chi connectivity index (χ3v) is 5.67. The SMILES string of the molecule is Cc1ccc(C=c2sc3nc(=O)c(Cc4ccc(F)cc4)c(C)n3c2=O)cc1. The number of benzene rings is 2. The normalized spacial score (nSPS) is 12.0. The van der Waals surface area contributed by atoms with Gasteiger partial charge >= 0.3 is 0 Å². The van der Waals surface area contributed by atoms with Crippen LogP contribution < -0.4 is 15.7 Å². The van der Waals surface area contributed by atoms with Crippen LogP contribution in [0.2, 0.25) is 0 Å². The Kier molecular flexibility index (Phi) is 4.65. The molecule has 0 bridgehead atoms. The average Bonchev–Trinajstić information content (AvgIpc) is 2.97. The van der Waals surface area contributed by atoms with Crippen LogP contribution in [0.15, 0.2) is 58.1 Å². The van der Waals surface area contributed by atoms with E-state index in [1.807, 2.05) is 37.3 Å². The fraction of sp³-hybridized carbons (Fsp3) is 0.136. The van der Waals surface area contributed by atoms with Crippen molar-refractivity contribution in [3.05, 3.63) is 108 Å². The Balaban J connectivity index is 1.85. The van der Waals surface area contributed by atoms with Gasteiger partial charge in [0.1, 0.15) is 5.82 Å². The lowest BCUT2D eigenvalue weighted by Crippen LogP contribution is -2.27. The van der Waals surface area contributed by atoms with Crippen LogP contribution in [0.3, 0.4) is 0 Å². The fourth-order valence-electron chi connectivity index (χ4n) is 3.11. The van der Waals surface area contributed by atoms with Crippen LogP contribution in [-0.2, 0) is 6.42 Å². The van der Waals surface area contributed by atoms with Gasteiger partial charge in [-0.2, -0.15) is 4.98 Å². The summed E-state index contributed by atoms with van der Waals surface area (Å²) in [5.41, 5.74) is 3.32. The Hall–Kier alpha value is -3.12. The highest BCUT2D eigenvalue weighted by Crippen LogP contribution is 2.13. The molecule has 2 aromatic heterocycles. The molecule has 0 saturated carbocycles. The molecule has 0 saturated heterocycles. The highest BCUT2D eigenvalue weighted by Gasteiger charge is 2.15. The summed E-state index contributed by atoms with van der Waals surface area (Å²) < 4.78 is 15.1. The second kappa shape index (κ2) is 7.13. The molecule has 0 atom stereocenters. The third kappa shape index (κ3) is 3.39. The topological polar surface area (TPSA) is 51.4 Å². The lowest BCUT2D eigenvalue weighted by molar-refractivity contribution is 0.627. The highest BCUT2D eigenvalue weighted by molar-refractivity contribution is 7.15. The largest absolute Gasteiger partial charge is 0.277 e. The Morgan fingerprint density at radius 3 is 2.39 bits per heavy atom. The predicted octanol–water partition coefficient (Wildman–Crippen LogP) is 3.01. The average molecular weight is 392 g/mol. The number of hydrogen-bond donors (Lipinski definition) is 0. The van der Waals surface area contributed by atoms with E-state index in [4.69, 9.17) is 0 Å². The lowest BCUT2D eigenvalue weighted by Gasteiger charge is -2.06. The van der Waals surface area contributed by atoms with Crippen LogP contribution in [0.25, 0.3) is 11.0 Å². The standard InChI is InChI=1S/C22H17FN2O2S/c1-13-3-5-16(6-4-13)12-19-21(27)25-14(2)18(20(26)24-22(25)28-19)11-15-7-9-17(23)10-8-15/h3-10,12H,11H2,1-2H3. The molecule has 0 aliphatic carbocycles. The number of halogens is 1. The summed E-state index contributed by atoms with van der Waals surface area (Å²) in [6.07, 6.45) is 2.11. The zero-order valence-electron chi connectivity index (χ0n) is 15.4. The smallest absolute Gasteiger partial charge is 0.267 e. The number of fused-ring (bicyclic) bond motifs is 1. The maximum absolute atomic E-state index is 13.1. The van der Waals surface area contributed by atoms with E-state index >= 15 is 0 Å². The number of rotatable bonds is 3. The first-order chi connectivity index (χ1) is 13.4. The highest BCUT2D eigenvalue weighted by atomic mass is 32.1. The minimum Gasteiger partial charge on any atom is -0.267 e. The second-order valence-electron chi connectivity index (χ2n) is 6.73. The Labute approximate surface area is 164 Å². The summed E-state index contributed by atoms with van der Waals surface area (Å²) in [7, 11) is 0. The van der Waals surface area contributed by atoms with Crippen LogP contribution in [0.5, 0.6) is 0 Å². The summed E-state index contributed by atoms with van der Waals surface area (Å²) in [5.74, 6) is -0.332. The molecular formula is C22H17FN2O2S. The molecule has 4 rings (SSSR count). The predicted molar refractivity (Wildman–Crippen MR) is 110 cm³/mol. The molecular weight excluding hydrogens is 375 g/mol. The van der Waals surface area contributed by atoms with Crippen LogP contribution >= 0.6 is 11.3 Å². The van der Waals surface area contributed by atoms with Gasteiger partial charge in [0.2, 0.25) is 4.96 Å². The summed E-state index contributed by atoms with van der Waals surface area (Å²) in [4.78, 5) is 30.0. The first kappa shape index (κ1) is 18.3. The van der Waals surface area contributed by atoms with Gasteiger partial charge in [-0.1, -0.05) is 53.3 Å². The molecule has 0 radical (unpaired) electrons. The monoisotopic (exact) mass is 392 g/mol. The Morgan fingerprint density at radius 2 is 1.71 bits per heavy atom. The molecule has 0 spiro atoms. The van der Waals surface area contributed by atoms with E-state index in [0.29, 0.717) is 27.2 Å². The van der Waals surface area contributed by atoms with Gasteiger partial charge in [-0.15, -0.1) is 0 Å². The van der Waals surface area contributed by atoms with E-state index in [1.54, 1.807) is 19.1 Å². The molecule has 0 fully saturated rings. The molecule has 0 aliphatic heterocycles. The summed E-state index contributed by atoms with van der Waals surface area (Å²) in [6, 6.07) is 13.8. The molecule has 0 unspecified atom stereocenters. The maximum atomic E-state index is 13.1. The zero-order chi connectivity index (χ0) is 19.8. The molecule has 140 valence electrons. The molecule has 2 heterocycles. The van der Waals surface area contributed by atoms with Crippen molar-refractivity contribution < 1.29 is 4.39 Å². The van der Waals surface area contributed by atoms with Crippen molar-refractivity contribution in [2.45, 2.75) is 20.3 Å². The Morgan fingerprint density at radius 1 is 1.04 bits per heavy atom. The van der Waals surface area contributed by atoms with Crippen molar-refractivity contribution >= 4 is 22.4 Å². The van der Waals surface area contributed by atoms with Gasteiger partial charge < -0.3 is 0 Å². The summed E-state index contributed by atoms with van der Waals surface area (Å²) in [6.45, 7) is 3.75. The van der Waals surface area contributed by atoms with E-state index in [-0.39, 0.29) is 16.9 Å². The molecule has 2 aromatic carbocycles. The van der Waals surface area contributed by atoms with Crippen molar-refractivity contribution in [2.75, 3.05) is 0 Å². The van der Waals surface area contributed by atoms with Crippen molar-refractivity contribution in [3.63, 3.8) is 0 Å². The van der Waals surface area contributed by atoms with Gasteiger partial charge in [-0.05, 0) is 43.2 Å². The van der Waals surface area contributed by atoms with Crippen molar-refractivity contribution in [2.24, 2.45) is 0 Å². The third-order valence-electron chi connectivity index (χ3n) is 4.70. The first-order valence-electron chi connectivity index (χ1n) is 8.80. The van der Waals surface area contributed by atoms with Gasteiger partial charge in [0.05, 0.1) is 4.53 Å². The minimum atomic E-state index is -0.357. The summed E-state index contributed by atoms with van der Waals surface area (Å²) in [5, 5.41) is 0. The minimum absolute atomic E-state index is 0.189. The molecule has 4 aromatic rings. The van der Waals surface area contributed by atoms with E-state index in [0.717, 1.165) is 16.7 Å². The van der Waals surface area contributed by atoms with Gasteiger partial charge in [0.25, 0.3) is 11.1 Å². The quantitative estimate of drug-likeness (QED) is 0.539. The van der Waals surface area contributed by atoms with Crippen LogP contribution in [0.4, 0.5) is 4.39 Å². The van der Waals surface area contributed by atoms with E-state index < -0.39 is 0 Å². The number of hydrogen-bond acceptors (Lipinski definition) is 4. The first-order valence-corrected chi connectivity index (χ1v) is 9.62. The molecule has 28 heavy (non-hydrogen) atoms. The molecule has 0 N–H and O–H groups in total. The molecule has 4 nitrogen and oxygen atoms in total. The van der Waals surface area contributed by atoms with Crippen LogP contribution in [-0.4, -0.2) is 9.38 Å². The Bertz CT molecular complexity index is 1340. The number of nitrogens with zero attached hydrogens (tertiary/aromatic N) is 2. The van der Waals surface area contributed by atoms with Crippen LogP contribution in [0.1, 0.15) is 27.9 Å². The molecule has 0 aliphatic rings. The fourth-order valence-corrected chi connectivity index (χ4v) is 4.12. The zero-order valence-corrected chi connectivity index (χ0v) is 16.2.